The lowest BCUT2D eigenvalue weighted by atomic mass is 9.89. The van der Waals surface area contributed by atoms with E-state index in [0.29, 0.717) is 30.1 Å². The van der Waals surface area contributed by atoms with Gasteiger partial charge in [0.25, 0.3) is 5.91 Å². The van der Waals surface area contributed by atoms with E-state index in [1.165, 1.54) is 0 Å². The van der Waals surface area contributed by atoms with Crippen LogP contribution in [0, 0.1) is 5.41 Å². The van der Waals surface area contributed by atoms with Crippen LogP contribution >= 0.6 is 27.5 Å². The minimum Gasteiger partial charge on any atom is -0.359 e. The molecule has 1 aliphatic heterocycles. The molecule has 108 valence electrons. The van der Waals surface area contributed by atoms with Gasteiger partial charge in [-0.05, 0) is 31.5 Å². The predicted octanol–water partition coefficient (Wildman–Crippen LogP) is 2.70. The fraction of sp³-hybridized carbons (Fsp3) is 0.429. The monoisotopic (exact) mass is 358 g/mol. The van der Waals surface area contributed by atoms with Gasteiger partial charge in [0.1, 0.15) is 0 Å². The summed E-state index contributed by atoms with van der Waals surface area (Å²) in [5, 5.41) is 3.17. The maximum atomic E-state index is 12.5. The average molecular weight is 360 g/mol. The Morgan fingerprint density at radius 3 is 2.70 bits per heavy atom. The molecule has 4 nitrogen and oxygen atoms in total. The summed E-state index contributed by atoms with van der Waals surface area (Å²) in [4.78, 5) is 26.0. The molecule has 0 bridgehead atoms. The quantitative estimate of drug-likeness (QED) is 0.882. The molecule has 2 amide bonds. The molecule has 20 heavy (non-hydrogen) atoms. The minimum atomic E-state index is -0.514. The SMILES string of the molecule is CNC(=O)C1(C)CCN(C(=O)c2cc(Cl)cc(Br)c2)C1. The van der Waals surface area contributed by atoms with Crippen LogP contribution < -0.4 is 5.32 Å². The lowest BCUT2D eigenvalue weighted by molar-refractivity contribution is -0.128. The first-order chi connectivity index (χ1) is 9.35. The second kappa shape index (κ2) is 5.74. The first-order valence-electron chi connectivity index (χ1n) is 6.33. The van der Waals surface area contributed by atoms with Gasteiger partial charge in [0.05, 0.1) is 5.41 Å². The molecule has 0 aliphatic carbocycles. The Morgan fingerprint density at radius 2 is 2.10 bits per heavy atom. The highest BCUT2D eigenvalue weighted by Gasteiger charge is 2.41. The highest BCUT2D eigenvalue weighted by atomic mass is 79.9. The number of benzene rings is 1. The molecule has 1 aromatic carbocycles. The molecule has 1 N–H and O–H groups in total. The third kappa shape index (κ3) is 2.99. The van der Waals surface area contributed by atoms with Crippen molar-refractivity contribution in [3.8, 4) is 0 Å². The predicted molar refractivity (Wildman–Crippen MR) is 81.8 cm³/mol. The first kappa shape index (κ1) is 15.3. The number of halogens is 2. The Kier molecular flexibility index (Phi) is 4.39. The van der Waals surface area contributed by atoms with Crippen molar-refractivity contribution >= 4 is 39.3 Å². The van der Waals surface area contributed by atoms with Crippen LogP contribution in [-0.2, 0) is 4.79 Å². The summed E-state index contributed by atoms with van der Waals surface area (Å²) in [7, 11) is 1.62. The summed E-state index contributed by atoms with van der Waals surface area (Å²) >= 11 is 9.29. The van der Waals surface area contributed by atoms with Crippen molar-refractivity contribution in [2.24, 2.45) is 5.41 Å². The lowest BCUT2D eigenvalue weighted by Crippen LogP contribution is -2.40. The summed E-state index contributed by atoms with van der Waals surface area (Å²) in [5.74, 6) is -0.124. The number of nitrogens with zero attached hydrogens (tertiary/aromatic N) is 1. The molecule has 0 saturated carbocycles. The van der Waals surface area contributed by atoms with Gasteiger partial charge in [-0.1, -0.05) is 27.5 Å². The highest BCUT2D eigenvalue weighted by Crippen LogP contribution is 2.31. The van der Waals surface area contributed by atoms with Crippen molar-refractivity contribution in [1.82, 2.24) is 10.2 Å². The van der Waals surface area contributed by atoms with Crippen LogP contribution in [0.1, 0.15) is 23.7 Å². The van der Waals surface area contributed by atoms with E-state index in [9.17, 15) is 9.59 Å². The van der Waals surface area contributed by atoms with Gasteiger partial charge in [-0.15, -0.1) is 0 Å². The Balaban J connectivity index is 2.17. The maximum absolute atomic E-state index is 12.5. The first-order valence-corrected chi connectivity index (χ1v) is 7.50. The zero-order chi connectivity index (χ0) is 14.9. The number of amides is 2. The van der Waals surface area contributed by atoms with E-state index < -0.39 is 5.41 Å². The molecule has 6 heteroatoms. The summed E-state index contributed by atoms with van der Waals surface area (Å²) in [6.07, 6.45) is 0.667. The molecule has 1 heterocycles. The molecule has 1 aromatic rings. The van der Waals surface area contributed by atoms with E-state index in [-0.39, 0.29) is 11.8 Å². The lowest BCUT2D eigenvalue weighted by Gasteiger charge is -2.22. The van der Waals surface area contributed by atoms with Crippen molar-refractivity contribution in [2.45, 2.75) is 13.3 Å². The number of hydrogen-bond acceptors (Lipinski definition) is 2. The van der Waals surface area contributed by atoms with E-state index in [4.69, 9.17) is 11.6 Å². The number of rotatable bonds is 2. The summed E-state index contributed by atoms with van der Waals surface area (Å²) in [6, 6.07) is 5.12. The van der Waals surface area contributed by atoms with Crippen molar-refractivity contribution in [1.29, 1.82) is 0 Å². The van der Waals surface area contributed by atoms with Gasteiger partial charge >= 0.3 is 0 Å². The normalized spacial score (nSPS) is 21.9. The second-order valence-corrected chi connectivity index (χ2v) is 6.63. The third-order valence-corrected chi connectivity index (χ3v) is 4.32. The van der Waals surface area contributed by atoms with Crippen molar-refractivity contribution in [3.05, 3.63) is 33.3 Å². The van der Waals surface area contributed by atoms with Gasteiger partial charge in [-0.3, -0.25) is 9.59 Å². The molecular weight excluding hydrogens is 344 g/mol. The maximum Gasteiger partial charge on any atom is 0.253 e. The molecule has 1 atom stereocenters. The fourth-order valence-corrected chi connectivity index (χ4v) is 3.34. The zero-order valence-electron chi connectivity index (χ0n) is 11.4. The average Bonchev–Trinajstić information content (AvgIpc) is 2.79. The summed E-state index contributed by atoms with van der Waals surface area (Å²) < 4.78 is 0.765. The van der Waals surface area contributed by atoms with E-state index in [1.807, 2.05) is 6.92 Å². The molecule has 0 spiro atoms. The molecule has 1 fully saturated rings. The van der Waals surface area contributed by atoms with Crippen molar-refractivity contribution in [2.75, 3.05) is 20.1 Å². The van der Waals surface area contributed by atoms with Crippen LogP contribution in [-0.4, -0.2) is 36.9 Å². The van der Waals surface area contributed by atoms with Crippen LogP contribution in [0.3, 0.4) is 0 Å². The van der Waals surface area contributed by atoms with Crippen LogP contribution in [0.5, 0.6) is 0 Å². The Morgan fingerprint density at radius 1 is 1.40 bits per heavy atom. The minimum absolute atomic E-state index is 0.0277. The number of carbonyl (C=O) groups excluding carboxylic acids is 2. The molecule has 0 aromatic heterocycles. The van der Waals surface area contributed by atoms with E-state index >= 15 is 0 Å². The Bertz CT molecular complexity index is 544. The molecule has 1 unspecified atom stereocenters. The third-order valence-electron chi connectivity index (χ3n) is 3.65. The van der Waals surface area contributed by atoms with Crippen LogP contribution in [0.2, 0.25) is 5.02 Å². The van der Waals surface area contributed by atoms with Gasteiger partial charge in [0.15, 0.2) is 0 Å². The fourth-order valence-electron chi connectivity index (χ4n) is 2.48. The number of likely N-dealkylation sites (tertiary alicyclic amines) is 1. The molecule has 1 aliphatic rings. The molecule has 0 radical (unpaired) electrons. The van der Waals surface area contributed by atoms with Crippen molar-refractivity contribution < 1.29 is 9.59 Å². The Labute approximate surface area is 131 Å². The highest BCUT2D eigenvalue weighted by molar-refractivity contribution is 9.10. The van der Waals surface area contributed by atoms with E-state index in [1.54, 1.807) is 30.1 Å². The second-order valence-electron chi connectivity index (χ2n) is 5.27. The number of hydrogen-bond donors (Lipinski definition) is 1. The molecular formula is C14H16BrClN2O2. The van der Waals surface area contributed by atoms with Crippen LogP contribution in [0.4, 0.5) is 0 Å². The van der Waals surface area contributed by atoms with Gasteiger partial charge in [-0.2, -0.15) is 0 Å². The topological polar surface area (TPSA) is 49.4 Å². The van der Waals surface area contributed by atoms with Crippen molar-refractivity contribution in [3.63, 3.8) is 0 Å². The summed E-state index contributed by atoms with van der Waals surface area (Å²) in [5.41, 5.74) is 0.0192. The van der Waals surface area contributed by atoms with E-state index in [0.717, 1.165) is 4.47 Å². The summed E-state index contributed by atoms with van der Waals surface area (Å²) in [6.45, 7) is 2.88. The zero-order valence-corrected chi connectivity index (χ0v) is 13.7. The Hall–Kier alpha value is -1.07. The standard InChI is InChI=1S/C14H16BrClN2O2/c1-14(13(20)17-2)3-4-18(8-14)12(19)9-5-10(15)7-11(16)6-9/h5-7H,3-4,8H2,1-2H3,(H,17,20). The van der Waals surface area contributed by atoms with Gasteiger partial charge in [0.2, 0.25) is 5.91 Å². The largest absolute Gasteiger partial charge is 0.359 e. The molecule has 1 saturated heterocycles. The number of nitrogens with one attached hydrogen (secondary N) is 1. The smallest absolute Gasteiger partial charge is 0.253 e. The van der Waals surface area contributed by atoms with Gasteiger partial charge < -0.3 is 10.2 Å². The van der Waals surface area contributed by atoms with E-state index in [2.05, 4.69) is 21.2 Å². The van der Waals surface area contributed by atoms with Crippen LogP contribution in [0.25, 0.3) is 0 Å². The number of carbonyl (C=O) groups is 2. The van der Waals surface area contributed by atoms with Gasteiger partial charge in [0, 0.05) is 35.2 Å². The van der Waals surface area contributed by atoms with Gasteiger partial charge in [-0.25, -0.2) is 0 Å². The van der Waals surface area contributed by atoms with Crippen LogP contribution in [0.15, 0.2) is 22.7 Å². The molecule has 2 rings (SSSR count).